The number of fused-ring (bicyclic) bond motifs is 5. The number of guanidine groups is 1. The van der Waals surface area contributed by atoms with Gasteiger partial charge in [0, 0.05) is 41.6 Å². The Balaban J connectivity index is 1.70. The number of primary amides is 1. The second kappa shape index (κ2) is 21.9. The number of carbonyl (C=O) groups is 9. The van der Waals surface area contributed by atoms with Crippen LogP contribution >= 0.6 is 11.8 Å². The molecule has 1 aromatic heterocycles. The van der Waals surface area contributed by atoms with Gasteiger partial charge in [0.15, 0.2) is 5.96 Å². The van der Waals surface area contributed by atoms with Crippen molar-refractivity contribution in [2.24, 2.45) is 23.3 Å². The maximum absolute atomic E-state index is 14.5. The zero-order valence-electron chi connectivity index (χ0n) is 36.0. The molecule has 0 radical (unpaired) electrons. The fraction of sp³-hybridized carbons (Fsp3) is 0.550. The van der Waals surface area contributed by atoms with Gasteiger partial charge in [-0.2, -0.15) is 0 Å². The van der Waals surface area contributed by atoms with E-state index in [1.165, 1.54) is 6.92 Å². The van der Waals surface area contributed by atoms with Gasteiger partial charge in [-0.05, 0) is 24.0 Å². The molecule has 0 spiro atoms. The number of aliphatic hydroxyl groups excluding tert-OH is 2. The highest BCUT2D eigenvalue weighted by Crippen LogP contribution is 2.32. The van der Waals surface area contributed by atoms with Crippen molar-refractivity contribution in [3.63, 3.8) is 0 Å². The molecule has 4 heterocycles. The molecule has 1 fully saturated rings. The molecule has 16 N–H and O–H groups in total. The molecule has 3 aliphatic heterocycles. The van der Waals surface area contributed by atoms with Crippen LogP contribution in [0.4, 0.5) is 0 Å². The van der Waals surface area contributed by atoms with E-state index in [9.17, 15) is 53.4 Å². The number of aliphatic hydroxyl groups is 2. The number of hydrogen-bond acceptors (Lipinski definition) is 13. The van der Waals surface area contributed by atoms with Gasteiger partial charge in [-0.25, -0.2) is 0 Å². The molecule has 0 unspecified atom stereocenters. The van der Waals surface area contributed by atoms with Crippen LogP contribution in [0.25, 0.3) is 10.9 Å². The lowest BCUT2D eigenvalue weighted by Gasteiger charge is -2.33. The van der Waals surface area contributed by atoms with Crippen LogP contribution in [0.15, 0.2) is 29.3 Å². The summed E-state index contributed by atoms with van der Waals surface area (Å²) in [5.74, 6) is -10.7. The molecule has 65 heavy (non-hydrogen) atoms. The van der Waals surface area contributed by atoms with Crippen LogP contribution in [0.2, 0.25) is 0 Å². The van der Waals surface area contributed by atoms with Gasteiger partial charge in [0.25, 0.3) is 0 Å². The van der Waals surface area contributed by atoms with E-state index >= 15 is 0 Å². The third kappa shape index (κ3) is 12.4. The standard InChI is InChI=1S/C40H57N13O11S/c1-4-17(2)31-36(62)45-12-29(57)47-25-16-65-38-21(20-7-5-6-8-22(20)50-38)10-23(33(59)44-13-30(58)51-31)48-37(63)32(18(3)27(55)15-54)52-35(61)26-9-19(46-40(42)43)14-53(26)39(64)24(11-28(41)56)49-34(25)60/h5-8,17-19,23-27,31-32,50,54-55H,4,9-16H2,1-3H3,(H2,41,56)(H,44,59)(H,45,62)(H,47,57)(H,48,63)(H,49,60)(H,51,58)(H,52,61)(H4,42,43,46)/t17-,18-,19+,23-,24-,25-,26-,27-,31-,32-/m0/s1. The Kier molecular flexibility index (Phi) is 16.7. The van der Waals surface area contributed by atoms with Crippen LogP contribution in [0.1, 0.15) is 45.6 Å². The van der Waals surface area contributed by atoms with Gasteiger partial charge in [0.1, 0.15) is 36.3 Å². The number of aromatic amines is 1. The molecule has 1 saturated heterocycles. The monoisotopic (exact) mass is 927 g/mol. The number of nitrogens with zero attached hydrogens (tertiary/aromatic N) is 1. The number of hydrogen-bond donors (Lipinski definition) is 14. The average molecular weight is 928 g/mol. The molecule has 0 saturated carbocycles. The van der Waals surface area contributed by atoms with Crippen LogP contribution in [-0.2, 0) is 49.6 Å². The topological polar surface area (TPSA) is 385 Å². The lowest BCUT2D eigenvalue weighted by Crippen LogP contribution is -2.62. The van der Waals surface area contributed by atoms with Gasteiger partial charge in [0.2, 0.25) is 53.2 Å². The van der Waals surface area contributed by atoms with Gasteiger partial charge < -0.3 is 74.1 Å². The maximum atomic E-state index is 14.5. The summed E-state index contributed by atoms with van der Waals surface area (Å²) < 4.78 is 0. The van der Waals surface area contributed by atoms with E-state index in [1.807, 2.05) is 0 Å². The Morgan fingerprint density at radius 3 is 2.22 bits per heavy atom. The Labute approximate surface area is 377 Å². The molecular formula is C40H57N13O11S. The molecule has 24 nitrogen and oxygen atoms in total. The van der Waals surface area contributed by atoms with E-state index in [1.54, 1.807) is 38.1 Å². The predicted molar refractivity (Wildman–Crippen MR) is 233 cm³/mol. The lowest BCUT2D eigenvalue weighted by atomic mass is 9.93. The van der Waals surface area contributed by atoms with Crippen molar-refractivity contribution in [2.75, 3.05) is 32.0 Å². The largest absolute Gasteiger partial charge is 0.394 e. The number of nitrogens with two attached hydrogens (primary N) is 2. The Morgan fingerprint density at radius 1 is 0.877 bits per heavy atom. The Hall–Kier alpha value is -6.47. The molecule has 3 aliphatic rings. The third-order valence-electron chi connectivity index (χ3n) is 11.7. The zero-order valence-corrected chi connectivity index (χ0v) is 36.8. The lowest BCUT2D eigenvalue weighted by molar-refractivity contribution is -0.144. The third-order valence-corrected chi connectivity index (χ3v) is 12.8. The first-order chi connectivity index (χ1) is 30.8. The summed E-state index contributed by atoms with van der Waals surface area (Å²) in [6, 6.07) is -2.96. The number of aromatic nitrogens is 1. The van der Waals surface area contributed by atoms with Gasteiger partial charge in [-0.3, -0.25) is 48.6 Å². The van der Waals surface area contributed by atoms with Crippen LogP contribution in [0.5, 0.6) is 0 Å². The summed E-state index contributed by atoms with van der Waals surface area (Å²) in [5, 5.41) is 50.0. The summed E-state index contributed by atoms with van der Waals surface area (Å²) in [5.41, 5.74) is 12.2. The molecule has 1 aromatic carbocycles. The van der Waals surface area contributed by atoms with Gasteiger partial charge >= 0.3 is 0 Å². The van der Waals surface area contributed by atoms with Crippen molar-refractivity contribution in [1.29, 1.82) is 5.41 Å². The molecule has 10 atom stereocenters. The molecule has 2 aromatic rings. The average Bonchev–Trinajstić information content (AvgIpc) is 3.85. The Bertz CT molecular complexity index is 2190. The van der Waals surface area contributed by atoms with Gasteiger partial charge in [0.05, 0.1) is 37.2 Å². The quantitative estimate of drug-likeness (QED) is 0.0870. The summed E-state index contributed by atoms with van der Waals surface area (Å²) in [4.78, 5) is 129. The number of H-pyrrole nitrogens is 1. The SMILES string of the molecule is CC[C@H](C)[C@@H]1NC(=O)CNC(=O)[C@@H]2Cc3c([nH]c4ccccc34)SC[C@H](NC(=O)CNC1=O)C(=O)N[C@@H](CC(N)=O)C(=O)N1C[C@H](NC(=N)N)C[C@H]1C(=O)N[C@@H]([C@@H](C)[C@@H](O)CO)C(=O)N2. The second-order valence-electron chi connectivity index (χ2n) is 16.4. The molecule has 9 amide bonds. The minimum absolute atomic E-state index is 0.213. The predicted octanol–water partition coefficient (Wildman–Crippen LogP) is -5.15. The van der Waals surface area contributed by atoms with E-state index in [2.05, 4.69) is 47.5 Å². The van der Waals surface area contributed by atoms with Crippen LogP contribution in [0.3, 0.4) is 0 Å². The molecule has 354 valence electrons. The minimum atomic E-state index is -1.73. The van der Waals surface area contributed by atoms with Crippen molar-refractivity contribution in [3.8, 4) is 0 Å². The number of amides is 9. The van der Waals surface area contributed by atoms with Crippen molar-refractivity contribution in [1.82, 2.24) is 52.4 Å². The number of carbonyl (C=O) groups excluding carboxylic acids is 9. The van der Waals surface area contributed by atoms with Crippen LogP contribution in [0, 0.1) is 17.2 Å². The smallest absolute Gasteiger partial charge is 0.246 e. The van der Waals surface area contributed by atoms with E-state index in [0.29, 0.717) is 27.9 Å². The van der Waals surface area contributed by atoms with Crippen molar-refractivity contribution in [3.05, 3.63) is 29.8 Å². The van der Waals surface area contributed by atoms with Gasteiger partial charge in [-0.15, -0.1) is 11.8 Å². The molecule has 0 aliphatic carbocycles. The van der Waals surface area contributed by atoms with Crippen molar-refractivity contribution in [2.45, 2.75) is 99.9 Å². The number of nitrogens with one attached hydrogen (secondary N) is 10. The minimum Gasteiger partial charge on any atom is -0.394 e. The number of thioether (sulfide) groups is 1. The fourth-order valence-electron chi connectivity index (χ4n) is 7.87. The molecule has 25 heteroatoms. The first-order valence-corrected chi connectivity index (χ1v) is 22.1. The van der Waals surface area contributed by atoms with E-state index in [4.69, 9.17) is 16.9 Å². The second-order valence-corrected chi connectivity index (χ2v) is 17.4. The fourth-order valence-corrected chi connectivity index (χ4v) is 8.98. The molecular weight excluding hydrogens is 871 g/mol. The van der Waals surface area contributed by atoms with Crippen LogP contribution < -0.4 is 54.0 Å². The first-order valence-electron chi connectivity index (χ1n) is 21.1. The Morgan fingerprint density at radius 2 is 1.55 bits per heavy atom. The van der Waals surface area contributed by atoms with Gasteiger partial charge in [-0.1, -0.05) is 45.4 Å². The maximum Gasteiger partial charge on any atom is 0.246 e. The summed E-state index contributed by atoms with van der Waals surface area (Å²) >= 11 is 1.02. The molecule has 2 bridgehead atoms. The highest BCUT2D eigenvalue weighted by molar-refractivity contribution is 7.99. The van der Waals surface area contributed by atoms with Crippen LogP contribution in [-0.4, -0.2) is 160 Å². The highest BCUT2D eigenvalue weighted by Gasteiger charge is 2.45. The number of benzene rings is 1. The molecule has 5 rings (SSSR count). The van der Waals surface area contributed by atoms with E-state index in [0.717, 1.165) is 16.7 Å². The highest BCUT2D eigenvalue weighted by atomic mass is 32.2. The zero-order chi connectivity index (χ0) is 47.7. The normalized spacial score (nSPS) is 27.0. The van der Waals surface area contributed by atoms with Crippen molar-refractivity contribution >= 4 is 81.8 Å². The summed E-state index contributed by atoms with van der Waals surface area (Å²) in [6.45, 7) is 2.35. The summed E-state index contributed by atoms with van der Waals surface area (Å²) in [6.07, 6.45) is -2.44. The summed E-state index contributed by atoms with van der Waals surface area (Å²) in [7, 11) is 0. The number of rotatable bonds is 8. The van der Waals surface area contributed by atoms with E-state index < -0.39 is 145 Å². The van der Waals surface area contributed by atoms with E-state index in [-0.39, 0.29) is 25.1 Å². The first kappa shape index (κ1) is 49.5. The number of para-hydroxylation sites is 1. The van der Waals surface area contributed by atoms with Crippen molar-refractivity contribution < 1.29 is 53.4 Å².